The lowest BCUT2D eigenvalue weighted by atomic mass is 9.99. The third-order valence-electron chi connectivity index (χ3n) is 3.65. The van der Waals surface area contributed by atoms with E-state index in [4.69, 9.17) is 9.84 Å². The van der Waals surface area contributed by atoms with Gasteiger partial charge in [0.2, 0.25) is 0 Å². The lowest BCUT2D eigenvalue weighted by molar-refractivity contribution is 0.0696. The first kappa shape index (κ1) is 15.8. The Hall–Kier alpha value is -1.60. The van der Waals surface area contributed by atoms with E-state index in [1.54, 1.807) is 11.8 Å². The van der Waals surface area contributed by atoms with Crippen LogP contribution in [0.15, 0.2) is 18.3 Å². The molecule has 0 atom stereocenters. The average Bonchev–Trinajstić information content (AvgIpc) is 2.53. The van der Waals surface area contributed by atoms with Crippen molar-refractivity contribution < 1.29 is 19.4 Å². The number of ether oxygens (including phenoxy) is 1. The van der Waals surface area contributed by atoms with Crippen molar-refractivity contribution in [2.45, 2.75) is 17.6 Å². The van der Waals surface area contributed by atoms with Gasteiger partial charge in [-0.1, -0.05) is 0 Å². The Balaban J connectivity index is 2.01. The summed E-state index contributed by atoms with van der Waals surface area (Å²) >= 11 is 1.73. The smallest absolute Gasteiger partial charge is 0.335 e. The number of nitrogens with zero attached hydrogens (tertiary/aromatic N) is 1. The SMILES string of the molecule is CSC1(CNC(=O)c2cc(C(=O)O)ccn2)CCOCC1. The highest BCUT2D eigenvalue weighted by atomic mass is 32.2. The molecule has 7 heteroatoms. The normalized spacial score (nSPS) is 17.2. The maximum absolute atomic E-state index is 12.1. The minimum Gasteiger partial charge on any atom is -0.478 e. The van der Waals surface area contributed by atoms with Gasteiger partial charge in [-0.05, 0) is 31.2 Å². The Labute approximate surface area is 127 Å². The van der Waals surface area contributed by atoms with Crippen LogP contribution in [0.4, 0.5) is 0 Å². The Morgan fingerprint density at radius 1 is 1.48 bits per heavy atom. The molecule has 1 aromatic heterocycles. The number of amides is 1. The highest BCUT2D eigenvalue weighted by Crippen LogP contribution is 2.33. The number of aromatic carboxylic acids is 1. The molecule has 0 unspecified atom stereocenters. The first-order valence-electron chi connectivity index (χ1n) is 6.67. The molecule has 2 rings (SSSR count). The second-order valence-corrected chi connectivity index (χ2v) is 6.19. The van der Waals surface area contributed by atoms with E-state index in [-0.39, 0.29) is 21.9 Å². The van der Waals surface area contributed by atoms with E-state index in [0.29, 0.717) is 19.8 Å². The lowest BCUT2D eigenvalue weighted by Gasteiger charge is -2.35. The van der Waals surface area contributed by atoms with Crippen molar-refractivity contribution >= 4 is 23.6 Å². The van der Waals surface area contributed by atoms with Crippen molar-refractivity contribution in [1.29, 1.82) is 0 Å². The molecule has 1 amide bonds. The molecule has 0 aromatic carbocycles. The molecule has 1 aliphatic rings. The molecule has 0 aliphatic carbocycles. The van der Waals surface area contributed by atoms with Gasteiger partial charge in [-0.3, -0.25) is 9.78 Å². The highest BCUT2D eigenvalue weighted by molar-refractivity contribution is 8.00. The maximum atomic E-state index is 12.1. The molecule has 1 aliphatic heterocycles. The van der Waals surface area contributed by atoms with Crippen LogP contribution >= 0.6 is 11.8 Å². The fraction of sp³-hybridized carbons (Fsp3) is 0.500. The average molecular weight is 310 g/mol. The summed E-state index contributed by atoms with van der Waals surface area (Å²) in [6.45, 7) is 1.92. The first-order chi connectivity index (χ1) is 10.1. The van der Waals surface area contributed by atoms with Gasteiger partial charge in [0.15, 0.2) is 0 Å². The molecule has 2 heterocycles. The Morgan fingerprint density at radius 3 is 2.81 bits per heavy atom. The molecule has 0 bridgehead atoms. The Bertz CT molecular complexity index is 529. The van der Waals surface area contributed by atoms with E-state index in [9.17, 15) is 9.59 Å². The van der Waals surface area contributed by atoms with Crippen molar-refractivity contribution in [3.05, 3.63) is 29.6 Å². The van der Waals surface area contributed by atoms with Crippen LogP contribution in [0.2, 0.25) is 0 Å². The van der Waals surface area contributed by atoms with Crippen molar-refractivity contribution in [2.24, 2.45) is 0 Å². The van der Waals surface area contributed by atoms with Gasteiger partial charge < -0.3 is 15.2 Å². The summed E-state index contributed by atoms with van der Waals surface area (Å²) in [6, 6.07) is 2.65. The number of hydrogen-bond acceptors (Lipinski definition) is 5. The van der Waals surface area contributed by atoms with Crippen molar-refractivity contribution in [1.82, 2.24) is 10.3 Å². The summed E-state index contributed by atoms with van der Waals surface area (Å²) in [6.07, 6.45) is 5.13. The molecule has 1 fully saturated rings. The summed E-state index contributed by atoms with van der Waals surface area (Å²) in [5, 5.41) is 11.8. The fourth-order valence-corrected chi connectivity index (χ4v) is 3.01. The van der Waals surface area contributed by atoms with Crippen molar-refractivity contribution in [3.63, 3.8) is 0 Å². The second kappa shape index (κ2) is 6.91. The van der Waals surface area contributed by atoms with Crippen molar-refractivity contribution in [3.8, 4) is 0 Å². The minimum atomic E-state index is -1.07. The summed E-state index contributed by atoms with van der Waals surface area (Å²) in [7, 11) is 0. The Kier molecular flexibility index (Phi) is 5.19. The number of carbonyl (C=O) groups is 2. The third-order valence-corrected chi connectivity index (χ3v) is 5.07. The van der Waals surface area contributed by atoms with Gasteiger partial charge >= 0.3 is 5.97 Å². The number of carbonyl (C=O) groups excluding carboxylic acids is 1. The van der Waals surface area contributed by atoms with E-state index in [2.05, 4.69) is 10.3 Å². The summed E-state index contributed by atoms with van der Waals surface area (Å²) in [5.74, 6) is -1.42. The van der Waals surface area contributed by atoms with Crippen molar-refractivity contribution in [2.75, 3.05) is 26.0 Å². The van der Waals surface area contributed by atoms with Crippen LogP contribution in [0.25, 0.3) is 0 Å². The minimum absolute atomic E-state index is 0.0156. The summed E-state index contributed by atoms with van der Waals surface area (Å²) < 4.78 is 5.34. The molecule has 114 valence electrons. The van der Waals surface area contributed by atoms with Crippen LogP contribution in [0, 0.1) is 0 Å². The predicted octanol–water partition coefficient (Wildman–Crippen LogP) is 1.42. The quantitative estimate of drug-likeness (QED) is 0.855. The van der Waals surface area contributed by atoms with E-state index in [1.807, 2.05) is 6.26 Å². The number of rotatable bonds is 5. The van der Waals surface area contributed by atoms with Crippen LogP contribution in [-0.2, 0) is 4.74 Å². The highest BCUT2D eigenvalue weighted by Gasteiger charge is 2.32. The van der Waals surface area contributed by atoms with Gasteiger partial charge in [0.1, 0.15) is 5.69 Å². The monoisotopic (exact) mass is 310 g/mol. The second-order valence-electron chi connectivity index (χ2n) is 4.92. The number of carboxylic acids is 1. The molecule has 1 aromatic rings. The number of nitrogens with one attached hydrogen (secondary N) is 1. The number of thioether (sulfide) groups is 1. The van der Waals surface area contributed by atoms with Gasteiger partial charge in [0.25, 0.3) is 5.91 Å². The molecule has 0 radical (unpaired) electrons. The van der Waals surface area contributed by atoms with Crippen LogP contribution in [0.1, 0.15) is 33.7 Å². The van der Waals surface area contributed by atoms with Gasteiger partial charge in [-0.2, -0.15) is 11.8 Å². The fourth-order valence-electron chi connectivity index (χ4n) is 2.22. The van der Waals surface area contributed by atoms with E-state index in [1.165, 1.54) is 18.3 Å². The molecule has 0 saturated carbocycles. The van der Waals surface area contributed by atoms with Gasteiger partial charge in [0.05, 0.1) is 5.56 Å². The standard InChI is InChI=1S/C14H18N2O4S/c1-21-14(3-6-20-7-4-14)9-16-12(17)11-8-10(13(18)19)2-5-15-11/h2,5,8H,3-4,6-7,9H2,1H3,(H,16,17)(H,18,19). The molecule has 21 heavy (non-hydrogen) atoms. The zero-order chi connectivity index (χ0) is 15.3. The first-order valence-corrected chi connectivity index (χ1v) is 7.89. The molecule has 6 nitrogen and oxygen atoms in total. The van der Waals surface area contributed by atoms with Gasteiger partial charge in [-0.15, -0.1) is 0 Å². The van der Waals surface area contributed by atoms with E-state index in [0.717, 1.165) is 12.8 Å². The van der Waals surface area contributed by atoms with Crippen LogP contribution in [0.5, 0.6) is 0 Å². The Morgan fingerprint density at radius 2 is 2.19 bits per heavy atom. The largest absolute Gasteiger partial charge is 0.478 e. The number of carboxylic acid groups (broad SMARTS) is 1. The molecular formula is C14H18N2O4S. The third kappa shape index (κ3) is 3.95. The van der Waals surface area contributed by atoms with E-state index >= 15 is 0 Å². The van der Waals surface area contributed by atoms with Crippen LogP contribution < -0.4 is 5.32 Å². The molecular weight excluding hydrogens is 292 g/mol. The molecule has 0 spiro atoms. The van der Waals surface area contributed by atoms with Crippen LogP contribution in [-0.4, -0.2) is 52.7 Å². The zero-order valence-corrected chi connectivity index (χ0v) is 12.6. The van der Waals surface area contributed by atoms with Crippen LogP contribution in [0.3, 0.4) is 0 Å². The number of pyridine rings is 1. The molecule has 2 N–H and O–H groups in total. The van der Waals surface area contributed by atoms with Gasteiger partial charge in [0, 0.05) is 30.7 Å². The zero-order valence-electron chi connectivity index (χ0n) is 11.8. The number of hydrogen-bond donors (Lipinski definition) is 2. The van der Waals surface area contributed by atoms with E-state index < -0.39 is 5.97 Å². The van der Waals surface area contributed by atoms with Gasteiger partial charge in [-0.25, -0.2) is 4.79 Å². The topological polar surface area (TPSA) is 88.5 Å². The summed E-state index contributed by atoms with van der Waals surface area (Å²) in [5.41, 5.74) is 0.180. The maximum Gasteiger partial charge on any atom is 0.335 e. The summed E-state index contributed by atoms with van der Waals surface area (Å²) in [4.78, 5) is 26.9. The lowest BCUT2D eigenvalue weighted by Crippen LogP contribution is -2.44. The predicted molar refractivity (Wildman–Crippen MR) is 79.8 cm³/mol. The number of aromatic nitrogens is 1. The molecule has 1 saturated heterocycles.